The molecule has 0 radical (unpaired) electrons. The largest absolute Gasteiger partial charge is 0.372 e. The number of hydrogen-bond acceptors (Lipinski definition) is 3. The van der Waals surface area contributed by atoms with Crippen molar-refractivity contribution < 1.29 is 4.74 Å². The molecule has 3 N–H and O–H groups in total. The minimum absolute atomic E-state index is 0.0904. The van der Waals surface area contributed by atoms with Crippen molar-refractivity contribution in [2.45, 2.75) is 50.5 Å². The molecule has 18 heavy (non-hydrogen) atoms. The molecule has 1 saturated heterocycles. The molecule has 0 bridgehead atoms. The van der Waals surface area contributed by atoms with Gasteiger partial charge in [-0.25, -0.2) is 0 Å². The lowest BCUT2D eigenvalue weighted by Gasteiger charge is -2.37. The topological polar surface area (TPSA) is 47.3 Å². The SMILES string of the molecule is CN[C@@H]1CCC(C(N)Cc2ccccc2)O[C@@H]1C. The molecule has 1 aromatic rings. The predicted molar refractivity (Wildman–Crippen MR) is 74.5 cm³/mol. The summed E-state index contributed by atoms with van der Waals surface area (Å²) in [6.07, 6.45) is 3.51. The van der Waals surface area contributed by atoms with Crippen LogP contribution in [0.4, 0.5) is 0 Å². The number of hydrogen-bond donors (Lipinski definition) is 2. The Labute approximate surface area is 110 Å². The van der Waals surface area contributed by atoms with Gasteiger partial charge >= 0.3 is 0 Å². The maximum absolute atomic E-state index is 6.28. The summed E-state index contributed by atoms with van der Waals surface area (Å²) in [6, 6.07) is 11.0. The van der Waals surface area contributed by atoms with Crippen LogP contribution in [0, 0.1) is 0 Å². The van der Waals surface area contributed by atoms with Gasteiger partial charge in [0.25, 0.3) is 0 Å². The van der Waals surface area contributed by atoms with Crippen LogP contribution in [0.25, 0.3) is 0 Å². The maximum Gasteiger partial charge on any atom is 0.0734 e. The van der Waals surface area contributed by atoms with E-state index in [2.05, 4.69) is 36.5 Å². The highest BCUT2D eigenvalue weighted by Crippen LogP contribution is 2.22. The molecule has 1 aromatic carbocycles. The van der Waals surface area contributed by atoms with Crippen molar-refractivity contribution in [2.75, 3.05) is 7.05 Å². The van der Waals surface area contributed by atoms with Crippen molar-refractivity contribution in [2.24, 2.45) is 5.73 Å². The third kappa shape index (κ3) is 3.31. The zero-order valence-corrected chi connectivity index (χ0v) is 11.3. The molecule has 4 atom stereocenters. The molecule has 1 heterocycles. The Morgan fingerprint density at radius 3 is 2.67 bits per heavy atom. The zero-order chi connectivity index (χ0) is 13.0. The standard InChI is InChI=1S/C15H24N2O/c1-11-14(17-2)8-9-15(18-11)13(16)10-12-6-4-3-5-7-12/h3-7,11,13-15,17H,8-10,16H2,1-2H3/t11-,13?,14-,15?/m1/s1. The summed E-state index contributed by atoms with van der Waals surface area (Å²) in [5, 5.41) is 3.30. The number of benzene rings is 1. The highest BCUT2D eigenvalue weighted by molar-refractivity contribution is 5.16. The lowest BCUT2D eigenvalue weighted by molar-refractivity contribution is -0.0678. The van der Waals surface area contributed by atoms with Crippen LogP contribution in [0.3, 0.4) is 0 Å². The van der Waals surface area contributed by atoms with Crippen LogP contribution in [-0.2, 0) is 11.2 Å². The van der Waals surface area contributed by atoms with Crippen LogP contribution in [0.5, 0.6) is 0 Å². The van der Waals surface area contributed by atoms with E-state index in [0.717, 1.165) is 19.3 Å². The molecule has 1 fully saturated rings. The Balaban J connectivity index is 1.89. The normalized spacial score (nSPS) is 30.1. The second-order valence-corrected chi connectivity index (χ2v) is 5.21. The van der Waals surface area contributed by atoms with Gasteiger partial charge in [0, 0.05) is 12.1 Å². The minimum atomic E-state index is 0.0904. The van der Waals surface area contributed by atoms with Gasteiger partial charge in [0.05, 0.1) is 12.2 Å². The van der Waals surface area contributed by atoms with Gasteiger partial charge in [-0.2, -0.15) is 0 Å². The smallest absolute Gasteiger partial charge is 0.0734 e. The van der Waals surface area contributed by atoms with Crippen LogP contribution >= 0.6 is 0 Å². The van der Waals surface area contributed by atoms with Crippen molar-refractivity contribution >= 4 is 0 Å². The van der Waals surface area contributed by atoms with Gasteiger partial charge in [-0.3, -0.25) is 0 Å². The Morgan fingerprint density at radius 1 is 1.33 bits per heavy atom. The summed E-state index contributed by atoms with van der Waals surface area (Å²) in [4.78, 5) is 0. The Morgan fingerprint density at radius 2 is 2.06 bits per heavy atom. The van der Waals surface area contributed by atoms with E-state index in [1.54, 1.807) is 0 Å². The van der Waals surface area contributed by atoms with Crippen molar-refractivity contribution in [3.8, 4) is 0 Å². The molecule has 2 rings (SSSR count). The van der Waals surface area contributed by atoms with Gasteiger partial charge in [0.2, 0.25) is 0 Å². The summed E-state index contributed by atoms with van der Waals surface area (Å²) in [5.74, 6) is 0. The van der Waals surface area contributed by atoms with Gasteiger partial charge < -0.3 is 15.8 Å². The molecule has 100 valence electrons. The molecule has 0 spiro atoms. The van der Waals surface area contributed by atoms with Gasteiger partial charge in [-0.1, -0.05) is 30.3 Å². The molecule has 1 aliphatic heterocycles. The fourth-order valence-corrected chi connectivity index (χ4v) is 2.73. The number of ether oxygens (including phenoxy) is 1. The van der Waals surface area contributed by atoms with Crippen LogP contribution < -0.4 is 11.1 Å². The van der Waals surface area contributed by atoms with Crippen LogP contribution in [0.2, 0.25) is 0 Å². The molecule has 0 amide bonds. The van der Waals surface area contributed by atoms with E-state index < -0.39 is 0 Å². The summed E-state index contributed by atoms with van der Waals surface area (Å²) in [7, 11) is 1.99. The lowest BCUT2D eigenvalue weighted by Crippen LogP contribution is -2.50. The van der Waals surface area contributed by atoms with E-state index in [0.29, 0.717) is 6.04 Å². The average molecular weight is 248 g/mol. The molecule has 3 heteroatoms. The van der Waals surface area contributed by atoms with Crippen molar-refractivity contribution in [1.29, 1.82) is 0 Å². The maximum atomic E-state index is 6.28. The van der Waals surface area contributed by atoms with Crippen molar-refractivity contribution in [3.05, 3.63) is 35.9 Å². The van der Waals surface area contributed by atoms with Crippen LogP contribution in [0.15, 0.2) is 30.3 Å². The quantitative estimate of drug-likeness (QED) is 0.853. The fourth-order valence-electron chi connectivity index (χ4n) is 2.73. The number of rotatable bonds is 4. The first-order valence-corrected chi connectivity index (χ1v) is 6.83. The third-order valence-corrected chi connectivity index (χ3v) is 3.88. The number of nitrogens with one attached hydrogen (secondary N) is 1. The van der Waals surface area contributed by atoms with E-state index >= 15 is 0 Å². The van der Waals surface area contributed by atoms with E-state index in [4.69, 9.17) is 10.5 Å². The molecule has 0 saturated carbocycles. The summed E-state index contributed by atoms with van der Waals surface area (Å²) in [6.45, 7) is 2.13. The minimum Gasteiger partial charge on any atom is -0.372 e. The molecular weight excluding hydrogens is 224 g/mol. The van der Waals surface area contributed by atoms with Crippen LogP contribution in [-0.4, -0.2) is 31.3 Å². The molecule has 0 aliphatic carbocycles. The second kappa shape index (κ2) is 6.32. The molecule has 3 nitrogen and oxygen atoms in total. The second-order valence-electron chi connectivity index (χ2n) is 5.21. The Bertz CT molecular complexity index is 355. The first-order valence-electron chi connectivity index (χ1n) is 6.83. The van der Waals surface area contributed by atoms with E-state index in [1.165, 1.54) is 5.56 Å². The highest BCUT2D eigenvalue weighted by atomic mass is 16.5. The fraction of sp³-hybridized carbons (Fsp3) is 0.600. The van der Waals surface area contributed by atoms with Gasteiger partial charge in [-0.05, 0) is 38.8 Å². The zero-order valence-electron chi connectivity index (χ0n) is 11.3. The highest BCUT2D eigenvalue weighted by Gasteiger charge is 2.30. The van der Waals surface area contributed by atoms with Gasteiger partial charge in [0.1, 0.15) is 0 Å². The van der Waals surface area contributed by atoms with Crippen LogP contribution in [0.1, 0.15) is 25.3 Å². The monoisotopic (exact) mass is 248 g/mol. The lowest BCUT2D eigenvalue weighted by atomic mass is 9.93. The summed E-state index contributed by atoms with van der Waals surface area (Å²) in [5.41, 5.74) is 7.57. The predicted octanol–water partition coefficient (Wildman–Crippen LogP) is 1.71. The molecule has 0 aromatic heterocycles. The van der Waals surface area contributed by atoms with Gasteiger partial charge in [-0.15, -0.1) is 0 Å². The number of likely N-dealkylation sites (N-methyl/N-ethyl adjacent to an activating group) is 1. The summed E-state index contributed by atoms with van der Waals surface area (Å²) >= 11 is 0. The first kappa shape index (κ1) is 13.5. The van der Waals surface area contributed by atoms with Crippen molar-refractivity contribution in [3.63, 3.8) is 0 Å². The van der Waals surface area contributed by atoms with E-state index in [1.807, 2.05) is 13.1 Å². The Kier molecular flexibility index (Phi) is 4.75. The van der Waals surface area contributed by atoms with E-state index in [-0.39, 0.29) is 18.2 Å². The Hall–Kier alpha value is -0.900. The average Bonchev–Trinajstić information content (AvgIpc) is 2.39. The molecule has 2 unspecified atom stereocenters. The van der Waals surface area contributed by atoms with Crippen molar-refractivity contribution in [1.82, 2.24) is 5.32 Å². The van der Waals surface area contributed by atoms with Gasteiger partial charge in [0.15, 0.2) is 0 Å². The molecular formula is C15H24N2O. The third-order valence-electron chi connectivity index (χ3n) is 3.88. The first-order chi connectivity index (χ1) is 8.70. The molecule has 1 aliphatic rings. The number of nitrogens with two attached hydrogens (primary N) is 1. The van der Waals surface area contributed by atoms with E-state index in [9.17, 15) is 0 Å². The summed E-state index contributed by atoms with van der Waals surface area (Å²) < 4.78 is 6.04.